The third-order valence-corrected chi connectivity index (χ3v) is 6.84. The van der Waals surface area contributed by atoms with Crippen molar-refractivity contribution in [3.63, 3.8) is 0 Å². The number of hydrogen-bond acceptors (Lipinski definition) is 9. The maximum absolute atomic E-state index is 9.30. The van der Waals surface area contributed by atoms with Crippen LogP contribution in [0.4, 0.5) is 5.13 Å². The average Bonchev–Trinajstić information content (AvgIpc) is 3.41. The molecule has 0 radical (unpaired) electrons. The highest BCUT2D eigenvalue weighted by atomic mass is 127. The van der Waals surface area contributed by atoms with Crippen LogP contribution < -0.4 is 4.90 Å². The number of aryl methyl sites for hydroxylation is 1. The van der Waals surface area contributed by atoms with E-state index in [4.69, 9.17) is 13.3 Å². The summed E-state index contributed by atoms with van der Waals surface area (Å²) in [5.41, 5.74) is 0.782. The van der Waals surface area contributed by atoms with Crippen LogP contribution in [0.2, 0.25) is 0 Å². The molecule has 0 amide bonds. The zero-order valence-electron chi connectivity index (χ0n) is 17.5. The van der Waals surface area contributed by atoms with Gasteiger partial charge in [-0.1, -0.05) is 17.4 Å². The summed E-state index contributed by atoms with van der Waals surface area (Å²) >= 11 is 3.75. The van der Waals surface area contributed by atoms with Crippen LogP contribution in [0.3, 0.4) is 0 Å². The summed E-state index contributed by atoms with van der Waals surface area (Å²) in [7, 11) is 1.26. The van der Waals surface area contributed by atoms with Crippen molar-refractivity contribution >= 4 is 65.1 Å². The Kier molecular flexibility index (Phi) is 10.8. The molecule has 1 saturated heterocycles. The summed E-state index contributed by atoms with van der Waals surface area (Å²) in [5, 5.41) is 10.4. The molecule has 1 atom stereocenters. The lowest BCUT2D eigenvalue weighted by Crippen LogP contribution is -2.29. The maximum Gasteiger partial charge on any atom is 0.219 e. The number of halogens is 1. The van der Waals surface area contributed by atoms with Crippen molar-refractivity contribution in [1.82, 2.24) is 9.97 Å². The highest BCUT2D eigenvalue weighted by molar-refractivity contribution is 14.2. The van der Waals surface area contributed by atoms with Gasteiger partial charge >= 0.3 is 0 Å². The number of oxazole rings is 1. The van der Waals surface area contributed by atoms with Crippen LogP contribution in [0.15, 0.2) is 16.7 Å². The van der Waals surface area contributed by atoms with E-state index in [1.54, 1.807) is 11.3 Å². The van der Waals surface area contributed by atoms with E-state index in [-0.39, 0.29) is 12.5 Å². The first kappa shape index (κ1) is 24.7. The summed E-state index contributed by atoms with van der Waals surface area (Å²) in [5.74, 6) is 1.30. The number of nitrogens with zero attached hydrogens (tertiary/aromatic N) is 3. The number of rotatable bonds is 12. The molecule has 0 aromatic carbocycles. The number of aromatic nitrogens is 2. The Morgan fingerprint density at radius 1 is 1.29 bits per heavy atom. The van der Waals surface area contributed by atoms with E-state index in [0.29, 0.717) is 25.7 Å². The van der Waals surface area contributed by atoms with Crippen molar-refractivity contribution in [3.8, 4) is 0 Å². The highest BCUT2D eigenvalue weighted by Gasteiger charge is 2.14. The fourth-order valence-corrected chi connectivity index (χ4v) is 4.69. The van der Waals surface area contributed by atoms with Gasteiger partial charge in [0.1, 0.15) is 11.5 Å². The smallest absolute Gasteiger partial charge is 0.219 e. The van der Waals surface area contributed by atoms with E-state index in [1.807, 2.05) is 37.4 Å². The third kappa shape index (κ3) is 8.17. The molecule has 10 heteroatoms. The number of piperidine rings is 1. The molecule has 1 N–H and O–H groups in total. The number of hydrogen-bond donors (Lipinski definition) is 1. The van der Waals surface area contributed by atoms with Crippen LogP contribution in [-0.2, 0) is 8.92 Å². The Labute approximate surface area is 203 Å². The van der Waals surface area contributed by atoms with Gasteiger partial charge in [-0.2, -0.15) is 0 Å². The minimum Gasteiger partial charge on any atom is -0.441 e. The average molecular weight is 578 g/mol. The maximum atomic E-state index is 9.30. The van der Waals surface area contributed by atoms with E-state index in [1.165, 1.54) is 28.5 Å². The molecule has 170 valence electrons. The van der Waals surface area contributed by atoms with E-state index >= 15 is 0 Å². The first-order valence-electron chi connectivity index (χ1n) is 10.3. The first-order valence-corrected chi connectivity index (χ1v) is 14.4. The Bertz CT molecular complexity index is 850. The van der Waals surface area contributed by atoms with Crippen molar-refractivity contribution in [2.24, 2.45) is 5.92 Å². The lowest BCUT2D eigenvalue weighted by atomic mass is 10.1. The summed E-state index contributed by atoms with van der Waals surface area (Å²) in [4.78, 5) is 12.5. The summed E-state index contributed by atoms with van der Waals surface area (Å²) < 4.78 is 16.6. The van der Waals surface area contributed by atoms with Crippen molar-refractivity contribution in [2.75, 3.05) is 44.4 Å². The van der Waals surface area contributed by atoms with Gasteiger partial charge < -0.3 is 23.3 Å². The van der Waals surface area contributed by atoms with Crippen LogP contribution in [0.5, 0.6) is 0 Å². The van der Waals surface area contributed by atoms with Crippen LogP contribution in [0, 0.1) is 12.8 Å². The van der Waals surface area contributed by atoms with Crippen LogP contribution in [0.25, 0.3) is 18.2 Å². The molecule has 2 aromatic rings. The molecular formula is C21H28IN3O4S2. The second kappa shape index (κ2) is 13.6. The zero-order chi connectivity index (χ0) is 21.9. The number of aliphatic hydroxyl groups is 1. The van der Waals surface area contributed by atoms with Gasteiger partial charge in [0, 0.05) is 57.4 Å². The molecule has 0 spiro atoms. The normalized spacial score (nSPS) is 16.0. The predicted molar refractivity (Wildman–Crippen MR) is 136 cm³/mol. The van der Waals surface area contributed by atoms with Gasteiger partial charge in [-0.15, -0.1) is 0 Å². The monoisotopic (exact) mass is 577 g/mol. The molecule has 3 rings (SSSR count). The number of thiazole rings is 1. The lowest BCUT2D eigenvalue weighted by Gasteiger charge is -2.25. The second-order valence-corrected chi connectivity index (χ2v) is 9.74. The van der Waals surface area contributed by atoms with Crippen molar-refractivity contribution in [3.05, 3.63) is 34.5 Å². The van der Waals surface area contributed by atoms with Gasteiger partial charge in [-0.3, -0.25) is 0 Å². The molecule has 1 aliphatic rings. The largest absolute Gasteiger partial charge is 0.441 e. The molecule has 0 aliphatic carbocycles. The number of anilines is 1. The van der Waals surface area contributed by atoms with Gasteiger partial charge in [0.15, 0.2) is 5.13 Å². The van der Waals surface area contributed by atoms with E-state index in [9.17, 15) is 5.11 Å². The Balaban J connectivity index is 1.48. The van der Waals surface area contributed by atoms with Crippen LogP contribution in [0.1, 0.15) is 41.5 Å². The summed E-state index contributed by atoms with van der Waals surface area (Å²) in [6.45, 7) is 5.47. The molecule has 2 aromatic heterocycles. The van der Waals surface area contributed by atoms with Crippen molar-refractivity contribution < 1.29 is 18.4 Å². The highest BCUT2D eigenvalue weighted by Crippen LogP contribution is 2.27. The predicted octanol–water partition coefficient (Wildman–Crippen LogP) is 5.25. The summed E-state index contributed by atoms with van der Waals surface area (Å²) in [6, 6.07) is 0. The Morgan fingerprint density at radius 2 is 2.13 bits per heavy atom. The molecular weight excluding hydrogens is 549 g/mol. The van der Waals surface area contributed by atoms with Crippen LogP contribution in [-0.4, -0.2) is 54.6 Å². The standard InChI is InChI=1S/C21H28IN3O4S2/c1-16-19(6-5-11-27-14-17(13-26)15-28-31-22)24-20(29-16)8-7-18-12-23-21(30-18)25-9-3-2-4-10-25/h5-8,12,17,26H,2-4,9-11,13-15H2,1H3/b6-5-,8-7+. The van der Waals surface area contributed by atoms with Gasteiger partial charge in [-0.25, -0.2) is 9.97 Å². The second-order valence-electron chi connectivity index (χ2n) is 7.26. The Hall–Kier alpha value is -0.920. The topological polar surface area (TPSA) is 80.9 Å². The van der Waals surface area contributed by atoms with Gasteiger partial charge in [0.05, 0.1) is 35.6 Å². The first-order chi connectivity index (χ1) is 15.2. The molecule has 0 saturated carbocycles. The molecule has 0 bridgehead atoms. The molecule has 1 fully saturated rings. The van der Waals surface area contributed by atoms with Gasteiger partial charge in [0.25, 0.3) is 0 Å². The molecule has 7 nitrogen and oxygen atoms in total. The molecule has 1 unspecified atom stereocenters. The van der Waals surface area contributed by atoms with E-state index in [2.05, 4.69) is 36.1 Å². The van der Waals surface area contributed by atoms with Crippen LogP contribution >= 0.6 is 41.8 Å². The molecule has 31 heavy (non-hydrogen) atoms. The number of aliphatic hydroxyl groups excluding tert-OH is 1. The van der Waals surface area contributed by atoms with Gasteiger partial charge in [0.2, 0.25) is 5.89 Å². The van der Waals surface area contributed by atoms with Crippen molar-refractivity contribution in [1.29, 1.82) is 0 Å². The van der Waals surface area contributed by atoms with Gasteiger partial charge in [-0.05, 0) is 38.3 Å². The van der Waals surface area contributed by atoms with E-state index < -0.39 is 0 Å². The third-order valence-electron chi connectivity index (χ3n) is 4.83. The Morgan fingerprint density at radius 3 is 2.90 bits per heavy atom. The molecule has 1 aliphatic heterocycles. The fourth-order valence-electron chi connectivity index (χ4n) is 3.13. The van der Waals surface area contributed by atoms with E-state index in [0.717, 1.165) is 34.6 Å². The molecule has 3 heterocycles. The zero-order valence-corrected chi connectivity index (χ0v) is 21.3. The fraction of sp³-hybridized carbons (Fsp3) is 0.524. The minimum atomic E-state index is -0.0247. The SMILES string of the molecule is Cc1oc(/C=C/c2cnc(N3CCCCC3)s2)nc1/C=C\COCC(CO)COSI. The quantitative estimate of drug-likeness (QED) is 0.208. The number of ether oxygens (including phenoxy) is 1. The van der Waals surface area contributed by atoms with Crippen molar-refractivity contribution in [2.45, 2.75) is 26.2 Å². The lowest BCUT2D eigenvalue weighted by molar-refractivity contribution is 0.0686. The minimum absolute atomic E-state index is 0.0247. The summed E-state index contributed by atoms with van der Waals surface area (Å²) in [6.07, 6.45) is 13.4.